The zero-order valence-electron chi connectivity index (χ0n) is 12.2. The van der Waals surface area contributed by atoms with Crippen molar-refractivity contribution in [3.8, 4) is 16.6 Å². The van der Waals surface area contributed by atoms with Gasteiger partial charge in [0.25, 0.3) is 0 Å². The van der Waals surface area contributed by atoms with E-state index in [4.69, 9.17) is 15.2 Å². The van der Waals surface area contributed by atoms with Gasteiger partial charge in [-0.1, -0.05) is 11.3 Å². The van der Waals surface area contributed by atoms with Gasteiger partial charge in [-0.3, -0.25) is 0 Å². The smallest absolute Gasteiger partial charge is 0.317 e. The first-order chi connectivity index (χ1) is 10.7. The summed E-state index contributed by atoms with van der Waals surface area (Å²) >= 11 is 1.41. The van der Waals surface area contributed by atoms with E-state index >= 15 is 0 Å². The van der Waals surface area contributed by atoms with Crippen molar-refractivity contribution in [1.82, 2.24) is 15.0 Å². The third kappa shape index (κ3) is 2.66. The highest BCUT2D eigenvalue weighted by Crippen LogP contribution is 2.42. The largest absolute Gasteiger partial charge is 0.460 e. The molecule has 2 aliphatic rings. The van der Waals surface area contributed by atoms with Gasteiger partial charge in [0.2, 0.25) is 0 Å². The molecule has 116 valence electrons. The van der Waals surface area contributed by atoms with Crippen LogP contribution >= 0.6 is 11.3 Å². The van der Waals surface area contributed by atoms with Crippen LogP contribution in [0.4, 0.5) is 5.13 Å². The first-order valence-electron chi connectivity index (χ1n) is 7.52. The monoisotopic (exact) mass is 318 g/mol. The zero-order chi connectivity index (χ0) is 15.0. The van der Waals surface area contributed by atoms with Crippen molar-refractivity contribution < 1.29 is 9.47 Å². The molecular weight excluding hydrogens is 300 g/mol. The van der Waals surface area contributed by atoms with E-state index in [2.05, 4.69) is 15.0 Å². The number of nitrogens with two attached hydrogens (primary N) is 1. The molecule has 0 bridgehead atoms. The maximum Gasteiger partial charge on any atom is 0.317 e. The highest BCUT2D eigenvalue weighted by Gasteiger charge is 2.42. The van der Waals surface area contributed by atoms with Crippen LogP contribution in [0.1, 0.15) is 25.7 Å². The zero-order valence-corrected chi connectivity index (χ0v) is 13.0. The lowest BCUT2D eigenvalue weighted by atomic mass is 9.72. The van der Waals surface area contributed by atoms with Crippen molar-refractivity contribution >= 4 is 16.5 Å². The van der Waals surface area contributed by atoms with E-state index < -0.39 is 0 Å². The fourth-order valence-corrected chi connectivity index (χ4v) is 3.75. The van der Waals surface area contributed by atoms with E-state index in [0.717, 1.165) is 36.6 Å². The molecular formula is C15H18N4O2S. The number of rotatable bonds is 3. The highest BCUT2D eigenvalue weighted by molar-refractivity contribution is 7.18. The Kier molecular flexibility index (Phi) is 3.46. The van der Waals surface area contributed by atoms with Crippen LogP contribution in [-0.4, -0.2) is 34.3 Å². The van der Waals surface area contributed by atoms with Gasteiger partial charge in [0.1, 0.15) is 6.10 Å². The second-order valence-corrected chi connectivity index (χ2v) is 7.16. The summed E-state index contributed by atoms with van der Waals surface area (Å²) in [5.41, 5.74) is 6.91. The van der Waals surface area contributed by atoms with Crippen LogP contribution in [0.15, 0.2) is 18.5 Å². The standard InChI is InChI=1S/C15H18N4O2S/c16-13-18-7-12(22-13)11-3-6-17-14(19-11)21-10-1-4-15(5-2-10)8-20-9-15/h3,6-7,10H,1-2,4-5,8-9H2,(H2,16,18). The predicted molar refractivity (Wildman–Crippen MR) is 83.7 cm³/mol. The van der Waals surface area contributed by atoms with Crippen molar-refractivity contribution in [2.24, 2.45) is 5.41 Å². The molecule has 0 amide bonds. The van der Waals surface area contributed by atoms with Crippen LogP contribution in [0.5, 0.6) is 6.01 Å². The van der Waals surface area contributed by atoms with Crippen LogP contribution in [0.2, 0.25) is 0 Å². The summed E-state index contributed by atoms with van der Waals surface area (Å²) in [7, 11) is 0. The van der Waals surface area contributed by atoms with Gasteiger partial charge in [-0.05, 0) is 31.7 Å². The minimum absolute atomic E-state index is 0.202. The van der Waals surface area contributed by atoms with Crippen LogP contribution in [-0.2, 0) is 4.74 Å². The number of hydrogen-bond acceptors (Lipinski definition) is 7. The van der Waals surface area contributed by atoms with E-state index in [1.807, 2.05) is 6.07 Å². The van der Waals surface area contributed by atoms with Gasteiger partial charge in [0.15, 0.2) is 5.13 Å². The number of thiazole rings is 1. The van der Waals surface area contributed by atoms with E-state index in [-0.39, 0.29) is 6.10 Å². The molecule has 0 unspecified atom stereocenters. The lowest BCUT2D eigenvalue weighted by Gasteiger charge is -2.45. The summed E-state index contributed by atoms with van der Waals surface area (Å²) < 4.78 is 11.3. The Balaban J connectivity index is 1.43. The SMILES string of the molecule is Nc1ncc(-c2ccnc(OC3CCC4(CC3)COC4)n2)s1. The Bertz CT molecular complexity index is 661. The molecule has 7 heteroatoms. The van der Waals surface area contributed by atoms with Crippen LogP contribution < -0.4 is 10.5 Å². The first-order valence-corrected chi connectivity index (χ1v) is 8.33. The number of nitrogen functional groups attached to an aromatic ring is 1. The lowest BCUT2D eigenvalue weighted by molar-refractivity contribution is -0.140. The maximum absolute atomic E-state index is 5.98. The predicted octanol–water partition coefficient (Wildman–Crippen LogP) is 2.52. The molecule has 2 aromatic heterocycles. The molecule has 0 radical (unpaired) electrons. The molecule has 2 aromatic rings. The topological polar surface area (TPSA) is 83.2 Å². The van der Waals surface area contributed by atoms with Crippen molar-refractivity contribution in [2.75, 3.05) is 18.9 Å². The number of anilines is 1. The summed E-state index contributed by atoms with van der Waals surface area (Å²) in [5, 5.41) is 0.538. The van der Waals surface area contributed by atoms with Crippen molar-refractivity contribution in [3.63, 3.8) is 0 Å². The Morgan fingerprint density at radius 3 is 2.73 bits per heavy atom. The van der Waals surface area contributed by atoms with Gasteiger partial charge in [-0.25, -0.2) is 9.97 Å². The molecule has 0 atom stereocenters. The third-order valence-electron chi connectivity index (χ3n) is 4.49. The molecule has 2 fully saturated rings. The molecule has 0 aromatic carbocycles. The molecule has 1 saturated heterocycles. The second kappa shape index (κ2) is 5.48. The summed E-state index contributed by atoms with van der Waals surface area (Å²) in [6.07, 6.45) is 8.08. The van der Waals surface area contributed by atoms with Crippen molar-refractivity contribution in [3.05, 3.63) is 18.5 Å². The third-order valence-corrected chi connectivity index (χ3v) is 5.34. The van der Waals surface area contributed by atoms with E-state index in [9.17, 15) is 0 Å². The average molecular weight is 318 g/mol. The first kappa shape index (κ1) is 13.9. The van der Waals surface area contributed by atoms with Gasteiger partial charge < -0.3 is 15.2 Å². The summed E-state index contributed by atoms with van der Waals surface area (Å²) in [5.74, 6) is 0. The van der Waals surface area contributed by atoms with Crippen molar-refractivity contribution in [2.45, 2.75) is 31.8 Å². The highest BCUT2D eigenvalue weighted by atomic mass is 32.1. The van der Waals surface area contributed by atoms with Gasteiger partial charge in [-0.15, -0.1) is 0 Å². The normalized spacial score (nSPS) is 20.7. The van der Waals surface area contributed by atoms with Gasteiger partial charge in [-0.2, -0.15) is 4.98 Å². The Labute approximate surface area is 132 Å². The van der Waals surface area contributed by atoms with Crippen LogP contribution in [0.25, 0.3) is 10.6 Å². The number of ether oxygens (including phenoxy) is 2. The van der Waals surface area contributed by atoms with Crippen LogP contribution in [0, 0.1) is 5.41 Å². The molecule has 3 heterocycles. The minimum Gasteiger partial charge on any atom is -0.460 e. The average Bonchev–Trinajstić information content (AvgIpc) is 2.94. The minimum atomic E-state index is 0.202. The second-order valence-electron chi connectivity index (χ2n) is 6.10. The number of aromatic nitrogens is 3. The number of hydrogen-bond donors (Lipinski definition) is 1. The van der Waals surface area contributed by atoms with E-state index in [1.165, 1.54) is 24.2 Å². The quantitative estimate of drug-likeness (QED) is 0.936. The van der Waals surface area contributed by atoms with Gasteiger partial charge >= 0.3 is 6.01 Å². The van der Waals surface area contributed by atoms with Crippen molar-refractivity contribution in [1.29, 1.82) is 0 Å². The molecule has 22 heavy (non-hydrogen) atoms. The maximum atomic E-state index is 5.98. The van der Waals surface area contributed by atoms with Gasteiger partial charge in [0, 0.05) is 17.8 Å². The Morgan fingerprint density at radius 2 is 2.09 bits per heavy atom. The van der Waals surface area contributed by atoms with E-state index in [0.29, 0.717) is 16.6 Å². The molecule has 1 spiro atoms. The number of nitrogens with zero attached hydrogens (tertiary/aromatic N) is 3. The molecule has 6 nitrogen and oxygen atoms in total. The van der Waals surface area contributed by atoms with Crippen LogP contribution in [0.3, 0.4) is 0 Å². The molecule has 1 saturated carbocycles. The van der Waals surface area contributed by atoms with Gasteiger partial charge in [0.05, 0.1) is 23.8 Å². The lowest BCUT2D eigenvalue weighted by Crippen LogP contribution is -2.46. The molecule has 2 N–H and O–H groups in total. The summed E-state index contributed by atoms with van der Waals surface area (Å²) in [6.45, 7) is 1.83. The molecule has 4 rings (SSSR count). The molecule has 1 aliphatic carbocycles. The fraction of sp³-hybridized carbons (Fsp3) is 0.533. The fourth-order valence-electron chi connectivity index (χ4n) is 3.09. The summed E-state index contributed by atoms with van der Waals surface area (Å²) in [4.78, 5) is 13.7. The van der Waals surface area contributed by atoms with E-state index in [1.54, 1.807) is 12.4 Å². The summed E-state index contributed by atoms with van der Waals surface area (Å²) in [6, 6.07) is 2.29. The Morgan fingerprint density at radius 1 is 1.27 bits per heavy atom. The molecule has 1 aliphatic heterocycles. The Hall–Kier alpha value is -1.73.